The minimum atomic E-state index is 0.0192. The van der Waals surface area contributed by atoms with E-state index in [9.17, 15) is 4.79 Å². The van der Waals surface area contributed by atoms with Crippen molar-refractivity contribution < 1.29 is 4.79 Å². The van der Waals surface area contributed by atoms with Gasteiger partial charge in [0.2, 0.25) is 0 Å². The van der Waals surface area contributed by atoms with Crippen LogP contribution in [0.2, 0.25) is 0 Å². The van der Waals surface area contributed by atoms with Crippen LogP contribution >= 0.6 is 0 Å². The molecule has 134 valence electrons. The lowest BCUT2D eigenvalue weighted by Crippen LogP contribution is -2.53. The summed E-state index contributed by atoms with van der Waals surface area (Å²) in [7, 11) is 0.399. The Hall–Kier alpha value is -0.760. The number of benzene rings is 1. The van der Waals surface area contributed by atoms with Crippen molar-refractivity contribution in [2.45, 2.75) is 75.5 Å². The zero-order valence-corrected chi connectivity index (χ0v) is 16.7. The average molecular weight is 356 g/mol. The van der Waals surface area contributed by atoms with Crippen LogP contribution in [0.4, 0.5) is 0 Å². The van der Waals surface area contributed by atoms with Crippen molar-refractivity contribution >= 4 is 16.7 Å². The average Bonchev–Trinajstić information content (AvgIpc) is 3.28. The molecule has 0 radical (unpaired) electrons. The van der Waals surface area contributed by atoms with E-state index in [1.54, 1.807) is 0 Å². The molecule has 4 fully saturated rings. The molecule has 1 heterocycles. The number of rotatable bonds is 3. The third-order valence-electron chi connectivity index (χ3n) is 8.53. The maximum Gasteiger partial charge on any atom is 0.144 e. The van der Waals surface area contributed by atoms with Gasteiger partial charge in [-0.1, -0.05) is 43.7 Å². The van der Waals surface area contributed by atoms with Crippen LogP contribution in [0.15, 0.2) is 24.3 Å². The van der Waals surface area contributed by atoms with Gasteiger partial charge in [-0.05, 0) is 54.8 Å². The molecular formula is C23H31OS+. The second-order valence-corrected chi connectivity index (χ2v) is 12.2. The fourth-order valence-corrected chi connectivity index (χ4v) is 11.3. The highest BCUT2D eigenvalue weighted by Crippen LogP contribution is 2.70. The zero-order valence-electron chi connectivity index (χ0n) is 15.9. The molecule has 4 aliphatic rings. The number of Topliss-reactive ketones (excluding diaryl/α,β-unsaturated/α-hetero) is 1. The molecule has 4 bridgehead atoms. The highest BCUT2D eigenvalue weighted by Gasteiger charge is 2.75. The first-order chi connectivity index (χ1) is 11.9. The summed E-state index contributed by atoms with van der Waals surface area (Å²) in [5.41, 5.74) is 3.10. The Morgan fingerprint density at radius 3 is 2.52 bits per heavy atom. The van der Waals surface area contributed by atoms with Crippen LogP contribution in [-0.2, 0) is 21.4 Å². The quantitative estimate of drug-likeness (QED) is 0.693. The first-order valence-electron chi connectivity index (χ1n) is 10.2. The molecule has 0 spiro atoms. The standard InChI is InChI=1S/C23H31OS/c1-15-4-6-16(7-5-15)14-25-19-9-8-17(12-19)21(25)23-11-10-18(13-20(23)24)22(23,2)3/h4-7,17-19,21H,8-14H2,1-3H3/q+1/t17?,18-,19?,21?,23+,25?/m1/s1. The van der Waals surface area contributed by atoms with Crippen LogP contribution in [-0.4, -0.2) is 16.3 Å². The smallest absolute Gasteiger partial charge is 0.144 e. The van der Waals surface area contributed by atoms with E-state index in [4.69, 9.17) is 0 Å². The van der Waals surface area contributed by atoms with Crippen LogP contribution in [0.1, 0.15) is 63.5 Å². The van der Waals surface area contributed by atoms with Crippen LogP contribution in [0.25, 0.3) is 0 Å². The Bertz CT molecular complexity index is 705. The lowest BCUT2D eigenvalue weighted by molar-refractivity contribution is -0.130. The zero-order chi connectivity index (χ0) is 17.4. The van der Waals surface area contributed by atoms with Gasteiger partial charge in [-0.2, -0.15) is 0 Å². The van der Waals surface area contributed by atoms with E-state index in [2.05, 4.69) is 45.0 Å². The minimum absolute atomic E-state index is 0.0192. The van der Waals surface area contributed by atoms with Crippen molar-refractivity contribution in [3.8, 4) is 0 Å². The minimum Gasteiger partial charge on any atom is -0.299 e. The summed E-state index contributed by atoms with van der Waals surface area (Å²) in [6.45, 7) is 7.05. The Balaban J connectivity index is 1.53. The predicted octanol–water partition coefficient (Wildman–Crippen LogP) is 5.06. The van der Waals surface area contributed by atoms with Crippen LogP contribution in [0, 0.1) is 29.6 Å². The van der Waals surface area contributed by atoms with Gasteiger partial charge in [-0.25, -0.2) is 0 Å². The first kappa shape index (κ1) is 16.4. The van der Waals surface area contributed by atoms with Crippen molar-refractivity contribution in [1.29, 1.82) is 0 Å². The molecule has 3 aliphatic carbocycles. The highest BCUT2D eigenvalue weighted by atomic mass is 32.2. The Morgan fingerprint density at radius 2 is 1.88 bits per heavy atom. The monoisotopic (exact) mass is 355 g/mol. The third-order valence-corrected chi connectivity index (χ3v) is 11.9. The number of carbonyl (C=O) groups excluding carboxylic acids is 1. The van der Waals surface area contributed by atoms with E-state index in [0.29, 0.717) is 27.8 Å². The third kappa shape index (κ3) is 2.07. The van der Waals surface area contributed by atoms with Gasteiger partial charge in [0.1, 0.15) is 22.0 Å². The number of hydrogen-bond donors (Lipinski definition) is 0. The van der Waals surface area contributed by atoms with Crippen LogP contribution in [0.3, 0.4) is 0 Å². The molecule has 0 aromatic heterocycles. The molecule has 6 atom stereocenters. The molecule has 5 rings (SSSR count). The molecule has 1 nitrogen and oxygen atoms in total. The largest absolute Gasteiger partial charge is 0.299 e. The number of aryl methyl sites for hydroxylation is 1. The summed E-state index contributed by atoms with van der Waals surface area (Å²) in [6, 6.07) is 9.19. The molecule has 1 aliphatic heterocycles. The van der Waals surface area contributed by atoms with Crippen molar-refractivity contribution in [3.05, 3.63) is 35.4 Å². The molecule has 0 amide bonds. The van der Waals surface area contributed by atoms with Gasteiger partial charge in [0.25, 0.3) is 0 Å². The Morgan fingerprint density at radius 1 is 1.12 bits per heavy atom. The summed E-state index contributed by atoms with van der Waals surface area (Å²) < 4.78 is 0. The van der Waals surface area contributed by atoms with Gasteiger partial charge < -0.3 is 0 Å². The Kier molecular flexibility index (Phi) is 3.53. The lowest BCUT2D eigenvalue weighted by atomic mass is 9.64. The molecule has 1 saturated heterocycles. The van der Waals surface area contributed by atoms with E-state index in [-0.39, 0.29) is 10.8 Å². The SMILES string of the molecule is Cc1ccc(C[S+]2C3CCC(C3)C2[C@]23CC[C@H](CC2=O)C3(C)C)cc1. The molecule has 25 heavy (non-hydrogen) atoms. The summed E-state index contributed by atoms with van der Waals surface area (Å²) in [4.78, 5) is 13.3. The molecule has 3 saturated carbocycles. The van der Waals surface area contributed by atoms with Gasteiger partial charge >= 0.3 is 0 Å². The summed E-state index contributed by atoms with van der Waals surface area (Å²) in [6.07, 6.45) is 7.59. The second kappa shape index (κ2) is 5.38. The molecule has 0 N–H and O–H groups in total. The normalized spacial score (nSPS) is 44.0. The van der Waals surface area contributed by atoms with Gasteiger partial charge in [0.05, 0.1) is 5.41 Å². The number of fused-ring (bicyclic) bond motifs is 4. The number of carbonyl (C=O) groups is 1. The van der Waals surface area contributed by atoms with Crippen molar-refractivity contribution in [2.24, 2.45) is 22.7 Å². The summed E-state index contributed by atoms with van der Waals surface area (Å²) in [5.74, 6) is 3.36. The van der Waals surface area contributed by atoms with E-state index in [1.807, 2.05) is 0 Å². The van der Waals surface area contributed by atoms with Gasteiger partial charge in [-0.15, -0.1) is 0 Å². The summed E-state index contributed by atoms with van der Waals surface area (Å²) in [5, 5.41) is 1.58. The summed E-state index contributed by atoms with van der Waals surface area (Å²) >= 11 is 0. The van der Waals surface area contributed by atoms with Crippen LogP contribution < -0.4 is 0 Å². The van der Waals surface area contributed by atoms with Crippen LogP contribution in [0.5, 0.6) is 0 Å². The second-order valence-electron chi connectivity index (χ2n) is 9.77. The number of ketones is 1. The maximum absolute atomic E-state index is 13.3. The fourth-order valence-electron chi connectivity index (χ4n) is 7.10. The van der Waals surface area contributed by atoms with Crippen molar-refractivity contribution in [3.63, 3.8) is 0 Å². The molecule has 1 aromatic carbocycles. The van der Waals surface area contributed by atoms with E-state index in [0.717, 1.165) is 17.6 Å². The molecule has 1 aromatic rings. The van der Waals surface area contributed by atoms with E-state index in [1.165, 1.54) is 49.0 Å². The first-order valence-corrected chi connectivity index (χ1v) is 11.7. The molecule has 4 unspecified atom stereocenters. The number of hydrogen-bond acceptors (Lipinski definition) is 1. The predicted molar refractivity (Wildman–Crippen MR) is 106 cm³/mol. The lowest BCUT2D eigenvalue weighted by Gasteiger charge is -2.43. The molecular weight excluding hydrogens is 324 g/mol. The fraction of sp³-hybridized carbons (Fsp3) is 0.696. The van der Waals surface area contributed by atoms with E-state index < -0.39 is 0 Å². The molecule has 2 heteroatoms. The van der Waals surface area contributed by atoms with E-state index >= 15 is 0 Å². The van der Waals surface area contributed by atoms with Crippen molar-refractivity contribution in [1.82, 2.24) is 0 Å². The topological polar surface area (TPSA) is 17.1 Å². The Labute approximate surface area is 155 Å². The van der Waals surface area contributed by atoms with Crippen molar-refractivity contribution in [2.75, 3.05) is 0 Å². The highest BCUT2D eigenvalue weighted by molar-refractivity contribution is 7.97. The maximum atomic E-state index is 13.3. The van der Waals surface area contributed by atoms with Gasteiger partial charge in [0, 0.05) is 24.3 Å². The van der Waals surface area contributed by atoms with Gasteiger partial charge in [0.15, 0.2) is 0 Å². The van der Waals surface area contributed by atoms with Gasteiger partial charge in [-0.3, -0.25) is 4.79 Å².